The Bertz CT molecular complexity index is 583. The molecule has 1 aromatic heterocycles. The monoisotopic (exact) mass is 286 g/mol. The molecule has 0 aliphatic heterocycles. The van der Waals surface area contributed by atoms with Crippen molar-refractivity contribution >= 4 is 5.78 Å². The lowest BCUT2D eigenvalue weighted by Crippen LogP contribution is -2.38. The van der Waals surface area contributed by atoms with Crippen molar-refractivity contribution < 1.29 is 9.18 Å². The predicted molar refractivity (Wildman–Crippen MR) is 80.5 cm³/mol. The molecule has 0 bridgehead atoms. The van der Waals surface area contributed by atoms with E-state index in [0.29, 0.717) is 12.1 Å². The highest BCUT2D eigenvalue weighted by atomic mass is 19.1. The number of halogens is 1. The summed E-state index contributed by atoms with van der Waals surface area (Å²) in [5.41, 5.74) is 1.66. The summed E-state index contributed by atoms with van der Waals surface area (Å²) < 4.78 is 12.9. The van der Waals surface area contributed by atoms with Crippen LogP contribution < -0.4 is 0 Å². The second-order valence-corrected chi connectivity index (χ2v) is 4.97. The number of pyridine rings is 1. The number of hydrogen-bond donors (Lipinski definition) is 0. The van der Waals surface area contributed by atoms with Gasteiger partial charge in [0.15, 0.2) is 5.78 Å². The van der Waals surface area contributed by atoms with Gasteiger partial charge in [-0.3, -0.25) is 14.7 Å². The zero-order chi connectivity index (χ0) is 15.2. The number of ketones is 1. The number of hydrogen-bond acceptors (Lipinski definition) is 3. The van der Waals surface area contributed by atoms with Gasteiger partial charge in [-0.15, -0.1) is 0 Å². The van der Waals surface area contributed by atoms with E-state index >= 15 is 0 Å². The van der Waals surface area contributed by atoms with Crippen LogP contribution in [-0.2, 0) is 6.54 Å². The van der Waals surface area contributed by atoms with Gasteiger partial charge >= 0.3 is 0 Å². The summed E-state index contributed by atoms with van der Waals surface area (Å²) in [7, 11) is 0. The Morgan fingerprint density at radius 2 is 1.81 bits per heavy atom. The Kier molecular flexibility index (Phi) is 5.17. The Morgan fingerprint density at radius 3 is 2.38 bits per heavy atom. The van der Waals surface area contributed by atoms with Crippen LogP contribution in [0.3, 0.4) is 0 Å². The molecular weight excluding hydrogens is 267 g/mol. The number of aromatic nitrogens is 1. The molecule has 4 heteroatoms. The van der Waals surface area contributed by atoms with Crippen LogP contribution in [-0.4, -0.2) is 28.3 Å². The van der Waals surface area contributed by atoms with E-state index < -0.39 is 0 Å². The van der Waals surface area contributed by atoms with Crippen molar-refractivity contribution in [3.05, 3.63) is 65.7 Å². The van der Waals surface area contributed by atoms with E-state index in [4.69, 9.17) is 0 Å². The van der Waals surface area contributed by atoms with Crippen molar-refractivity contribution in [1.29, 1.82) is 0 Å². The van der Waals surface area contributed by atoms with E-state index in [1.54, 1.807) is 12.4 Å². The van der Waals surface area contributed by atoms with Crippen LogP contribution in [0.5, 0.6) is 0 Å². The molecule has 0 aliphatic carbocycles. The Morgan fingerprint density at radius 1 is 1.19 bits per heavy atom. The van der Waals surface area contributed by atoms with Crippen LogP contribution in [0.25, 0.3) is 0 Å². The number of rotatable bonds is 6. The normalized spacial score (nSPS) is 12.4. The van der Waals surface area contributed by atoms with Crippen LogP contribution in [0.4, 0.5) is 4.39 Å². The highest BCUT2D eigenvalue weighted by Gasteiger charge is 2.21. The van der Waals surface area contributed by atoms with Gasteiger partial charge in [0.05, 0.1) is 6.04 Å². The molecular formula is C17H19FN2O. The van der Waals surface area contributed by atoms with Gasteiger partial charge in [0, 0.05) is 24.5 Å². The fraction of sp³-hybridized carbons (Fsp3) is 0.294. The summed E-state index contributed by atoms with van der Waals surface area (Å²) in [6.07, 6.45) is 3.49. The molecule has 0 saturated carbocycles. The van der Waals surface area contributed by atoms with Gasteiger partial charge in [-0.25, -0.2) is 4.39 Å². The Labute approximate surface area is 124 Å². The average Bonchev–Trinajstić information content (AvgIpc) is 2.53. The molecule has 0 spiro atoms. The zero-order valence-electron chi connectivity index (χ0n) is 12.3. The number of benzene rings is 1. The average molecular weight is 286 g/mol. The van der Waals surface area contributed by atoms with Crippen molar-refractivity contribution in [2.45, 2.75) is 26.4 Å². The molecule has 0 N–H and O–H groups in total. The Balaban J connectivity index is 2.10. The highest BCUT2D eigenvalue weighted by molar-refractivity contribution is 5.99. The van der Waals surface area contributed by atoms with Crippen molar-refractivity contribution in [2.24, 2.45) is 0 Å². The van der Waals surface area contributed by atoms with E-state index in [9.17, 15) is 9.18 Å². The van der Waals surface area contributed by atoms with Gasteiger partial charge in [-0.1, -0.05) is 6.92 Å². The lowest BCUT2D eigenvalue weighted by atomic mass is 10.0. The first-order valence-electron chi connectivity index (χ1n) is 7.04. The lowest BCUT2D eigenvalue weighted by Gasteiger charge is -2.26. The zero-order valence-corrected chi connectivity index (χ0v) is 12.3. The van der Waals surface area contributed by atoms with Gasteiger partial charge in [0.25, 0.3) is 0 Å². The summed E-state index contributed by atoms with van der Waals surface area (Å²) in [4.78, 5) is 18.5. The van der Waals surface area contributed by atoms with E-state index in [1.807, 2.05) is 26.0 Å². The molecule has 2 aromatic rings. The Hall–Kier alpha value is -2.07. The van der Waals surface area contributed by atoms with E-state index in [-0.39, 0.29) is 17.6 Å². The molecule has 3 nitrogen and oxygen atoms in total. The van der Waals surface area contributed by atoms with Gasteiger partial charge in [-0.05, 0) is 55.4 Å². The molecule has 1 heterocycles. The van der Waals surface area contributed by atoms with Crippen molar-refractivity contribution in [3.63, 3.8) is 0 Å². The molecule has 1 atom stereocenters. The molecule has 0 saturated heterocycles. The highest BCUT2D eigenvalue weighted by Crippen LogP contribution is 2.13. The molecule has 0 amide bonds. The number of Topliss-reactive ketones (excluding diaryl/α,β-unsaturated/α-hetero) is 1. The van der Waals surface area contributed by atoms with E-state index in [1.165, 1.54) is 24.3 Å². The fourth-order valence-electron chi connectivity index (χ4n) is 2.27. The number of carbonyl (C=O) groups excluding carboxylic acids is 1. The topological polar surface area (TPSA) is 33.2 Å². The first-order chi connectivity index (χ1) is 10.1. The maximum atomic E-state index is 12.9. The predicted octanol–water partition coefficient (Wildman–Crippen LogP) is 3.31. The maximum Gasteiger partial charge on any atom is 0.179 e. The van der Waals surface area contributed by atoms with Crippen LogP contribution >= 0.6 is 0 Å². The number of carbonyl (C=O) groups is 1. The maximum absolute atomic E-state index is 12.9. The first kappa shape index (κ1) is 15.3. The second kappa shape index (κ2) is 7.09. The van der Waals surface area contributed by atoms with Crippen molar-refractivity contribution in [3.8, 4) is 0 Å². The molecule has 2 rings (SSSR count). The van der Waals surface area contributed by atoms with Gasteiger partial charge < -0.3 is 0 Å². The molecule has 21 heavy (non-hydrogen) atoms. The van der Waals surface area contributed by atoms with Crippen molar-refractivity contribution in [1.82, 2.24) is 9.88 Å². The minimum absolute atomic E-state index is 0.00547. The van der Waals surface area contributed by atoms with Crippen molar-refractivity contribution in [2.75, 3.05) is 6.54 Å². The minimum atomic E-state index is -0.330. The number of nitrogens with zero attached hydrogens (tertiary/aromatic N) is 2. The SMILES string of the molecule is CCN(Cc1ccncc1)C(C)C(=O)c1ccc(F)cc1. The third kappa shape index (κ3) is 3.95. The van der Waals surface area contributed by atoms with Crippen LogP contribution in [0.15, 0.2) is 48.8 Å². The minimum Gasteiger partial charge on any atom is -0.292 e. The smallest absolute Gasteiger partial charge is 0.179 e. The quantitative estimate of drug-likeness (QED) is 0.764. The van der Waals surface area contributed by atoms with Crippen LogP contribution in [0.2, 0.25) is 0 Å². The van der Waals surface area contributed by atoms with Gasteiger partial charge in [0.2, 0.25) is 0 Å². The molecule has 1 unspecified atom stereocenters. The summed E-state index contributed by atoms with van der Waals surface area (Å²) >= 11 is 0. The van der Waals surface area contributed by atoms with Gasteiger partial charge in [0.1, 0.15) is 5.82 Å². The lowest BCUT2D eigenvalue weighted by molar-refractivity contribution is 0.0835. The first-order valence-corrected chi connectivity index (χ1v) is 7.04. The number of likely N-dealkylation sites (N-methyl/N-ethyl adjacent to an activating group) is 1. The van der Waals surface area contributed by atoms with Gasteiger partial charge in [-0.2, -0.15) is 0 Å². The fourth-order valence-corrected chi connectivity index (χ4v) is 2.27. The molecule has 0 fully saturated rings. The summed E-state index contributed by atoms with van der Waals surface area (Å²) in [5, 5.41) is 0. The largest absolute Gasteiger partial charge is 0.292 e. The molecule has 1 aromatic carbocycles. The van der Waals surface area contributed by atoms with E-state index in [0.717, 1.165) is 12.1 Å². The third-order valence-electron chi connectivity index (χ3n) is 3.60. The molecule has 0 radical (unpaired) electrons. The summed E-state index contributed by atoms with van der Waals surface area (Å²) in [5.74, 6) is -0.325. The standard InChI is InChI=1S/C17H19FN2O/c1-3-20(12-14-8-10-19-11-9-14)13(2)17(21)15-4-6-16(18)7-5-15/h4-11,13H,3,12H2,1-2H3. The molecule has 0 aliphatic rings. The van der Waals surface area contributed by atoms with E-state index in [2.05, 4.69) is 9.88 Å². The van der Waals surface area contributed by atoms with Crippen LogP contribution in [0.1, 0.15) is 29.8 Å². The third-order valence-corrected chi connectivity index (χ3v) is 3.60. The summed E-state index contributed by atoms with van der Waals surface area (Å²) in [6.45, 7) is 5.36. The summed E-state index contributed by atoms with van der Waals surface area (Å²) in [6, 6.07) is 9.34. The molecule has 110 valence electrons. The second-order valence-electron chi connectivity index (χ2n) is 4.97. The van der Waals surface area contributed by atoms with Crippen LogP contribution in [0, 0.1) is 5.82 Å².